The number of ether oxygens (including phenoxy) is 1. The second-order valence-corrected chi connectivity index (χ2v) is 12.0. The lowest BCUT2D eigenvalue weighted by atomic mass is 9.93. The number of nitrogens with zero attached hydrogens (tertiary/aromatic N) is 1. The average Bonchev–Trinajstić information content (AvgIpc) is 2.67. The molecule has 0 radical (unpaired) electrons. The number of benzene rings is 1. The van der Waals surface area contributed by atoms with E-state index in [4.69, 9.17) is 4.74 Å². The summed E-state index contributed by atoms with van der Waals surface area (Å²) in [5.74, 6) is -0.118. The number of hydrogen-bond donors (Lipinski definition) is 2. The number of carbonyl (C=O) groups excluding carboxylic acids is 3. The van der Waals surface area contributed by atoms with Crippen molar-refractivity contribution in [3.8, 4) is 0 Å². The smallest absolute Gasteiger partial charge is 0.408 e. The minimum atomic E-state index is -0.829. The van der Waals surface area contributed by atoms with Crippen molar-refractivity contribution in [2.45, 2.75) is 112 Å². The molecule has 0 saturated heterocycles. The lowest BCUT2D eigenvalue weighted by Crippen LogP contribution is -2.54. The molecule has 0 saturated carbocycles. The summed E-state index contributed by atoms with van der Waals surface area (Å²) in [4.78, 5) is 41.3. The molecule has 0 aliphatic heterocycles. The zero-order valence-corrected chi connectivity index (χ0v) is 23.7. The lowest BCUT2D eigenvalue weighted by Gasteiger charge is -2.38. The number of carbonyl (C=O) groups is 3. The van der Waals surface area contributed by atoms with Crippen LogP contribution in [0.25, 0.3) is 0 Å². The van der Waals surface area contributed by atoms with Gasteiger partial charge in [-0.05, 0) is 92.2 Å². The fourth-order valence-corrected chi connectivity index (χ4v) is 3.82. The molecule has 0 bridgehead atoms. The molecule has 7 heteroatoms. The number of aryl methyl sites for hydroxylation is 2. The molecule has 2 atom stereocenters. The first kappa shape index (κ1) is 30.5. The molecule has 2 unspecified atom stereocenters. The maximum absolute atomic E-state index is 13.7. The third kappa shape index (κ3) is 10.7. The van der Waals surface area contributed by atoms with Crippen molar-refractivity contribution >= 4 is 17.9 Å². The molecule has 0 spiro atoms. The Bertz CT molecular complexity index is 881. The Morgan fingerprint density at radius 3 is 2.09 bits per heavy atom. The van der Waals surface area contributed by atoms with Crippen LogP contribution < -0.4 is 10.6 Å². The standard InChI is InChI=1S/C28H47N3O4/c1-18(2)12-15-21(5)31(23(32)17-29-26(34)35-28(9,10)11)24(25(33)30-27(6,7)8)22-16-19(3)13-14-20(22)4/h13-14,16,18,21,24H,12,15,17H2,1-11H3,(H,29,34)(H,30,33). The second kappa shape index (κ2) is 12.4. The van der Waals surface area contributed by atoms with Crippen LogP contribution in [0.1, 0.15) is 97.9 Å². The van der Waals surface area contributed by atoms with Gasteiger partial charge in [-0.3, -0.25) is 9.59 Å². The Hall–Kier alpha value is -2.57. The van der Waals surface area contributed by atoms with Crippen molar-refractivity contribution in [3.63, 3.8) is 0 Å². The van der Waals surface area contributed by atoms with Gasteiger partial charge in [-0.1, -0.05) is 37.6 Å². The van der Waals surface area contributed by atoms with E-state index in [1.165, 1.54) is 0 Å². The summed E-state index contributed by atoms with van der Waals surface area (Å²) in [6.07, 6.45) is 0.980. The van der Waals surface area contributed by atoms with E-state index in [0.29, 0.717) is 5.92 Å². The molecule has 35 heavy (non-hydrogen) atoms. The van der Waals surface area contributed by atoms with Crippen molar-refractivity contribution in [3.05, 3.63) is 34.9 Å². The topological polar surface area (TPSA) is 87.7 Å². The largest absolute Gasteiger partial charge is 0.444 e. The predicted octanol–water partition coefficient (Wildman–Crippen LogP) is 5.44. The van der Waals surface area contributed by atoms with Crippen LogP contribution in [0.15, 0.2) is 18.2 Å². The molecule has 3 amide bonds. The number of alkyl carbamates (subject to hydrolysis) is 1. The van der Waals surface area contributed by atoms with Gasteiger partial charge >= 0.3 is 6.09 Å². The maximum atomic E-state index is 13.7. The lowest BCUT2D eigenvalue weighted by molar-refractivity contribution is -0.143. The highest BCUT2D eigenvalue weighted by molar-refractivity contribution is 5.91. The van der Waals surface area contributed by atoms with Gasteiger partial charge in [-0.25, -0.2) is 4.79 Å². The summed E-state index contributed by atoms with van der Waals surface area (Å²) in [6.45, 7) is 21.0. The first-order chi connectivity index (χ1) is 15.9. The van der Waals surface area contributed by atoms with Crippen molar-refractivity contribution in [2.24, 2.45) is 5.92 Å². The van der Waals surface area contributed by atoms with E-state index in [1.807, 2.05) is 59.7 Å². The first-order valence-corrected chi connectivity index (χ1v) is 12.6. The van der Waals surface area contributed by atoms with E-state index in [1.54, 1.807) is 25.7 Å². The Morgan fingerprint density at radius 1 is 0.971 bits per heavy atom. The Labute approximate surface area is 212 Å². The fraction of sp³-hybridized carbons (Fsp3) is 0.679. The van der Waals surface area contributed by atoms with Gasteiger partial charge in [0.2, 0.25) is 11.8 Å². The maximum Gasteiger partial charge on any atom is 0.408 e. The molecular weight excluding hydrogens is 442 g/mol. The van der Waals surface area contributed by atoms with E-state index >= 15 is 0 Å². The van der Waals surface area contributed by atoms with Crippen molar-refractivity contribution in [2.75, 3.05) is 6.54 Å². The van der Waals surface area contributed by atoms with Crippen LogP contribution in [0.3, 0.4) is 0 Å². The van der Waals surface area contributed by atoms with Crippen LogP contribution in [0.4, 0.5) is 4.79 Å². The van der Waals surface area contributed by atoms with Gasteiger partial charge < -0.3 is 20.3 Å². The zero-order chi connectivity index (χ0) is 27.1. The minimum Gasteiger partial charge on any atom is -0.444 e. The molecule has 0 heterocycles. The van der Waals surface area contributed by atoms with Crippen molar-refractivity contribution < 1.29 is 19.1 Å². The van der Waals surface area contributed by atoms with Crippen LogP contribution in [-0.2, 0) is 14.3 Å². The van der Waals surface area contributed by atoms with Crippen LogP contribution in [0, 0.1) is 19.8 Å². The van der Waals surface area contributed by atoms with Crippen LogP contribution >= 0.6 is 0 Å². The summed E-state index contributed by atoms with van der Waals surface area (Å²) in [7, 11) is 0. The first-order valence-electron chi connectivity index (χ1n) is 12.6. The molecule has 0 aliphatic rings. The van der Waals surface area contributed by atoms with Crippen LogP contribution in [0.2, 0.25) is 0 Å². The predicted molar refractivity (Wildman–Crippen MR) is 141 cm³/mol. The quantitative estimate of drug-likeness (QED) is 0.484. The number of nitrogens with one attached hydrogen (secondary N) is 2. The third-order valence-corrected chi connectivity index (χ3v) is 5.46. The molecule has 198 valence electrons. The minimum absolute atomic E-state index is 0.221. The Morgan fingerprint density at radius 2 is 1.57 bits per heavy atom. The zero-order valence-electron chi connectivity index (χ0n) is 23.7. The SMILES string of the molecule is Cc1ccc(C)c(C(C(=O)NC(C)(C)C)N(C(=O)CNC(=O)OC(C)(C)C)C(C)CCC(C)C)c1. The molecule has 7 nitrogen and oxygen atoms in total. The molecule has 1 rings (SSSR count). The summed E-state index contributed by atoms with van der Waals surface area (Å²) in [5, 5.41) is 5.65. The summed E-state index contributed by atoms with van der Waals surface area (Å²) in [6, 6.07) is 4.89. The van der Waals surface area contributed by atoms with Gasteiger partial charge in [0.1, 0.15) is 18.2 Å². The molecular formula is C28H47N3O4. The molecule has 0 fully saturated rings. The molecule has 0 aliphatic carbocycles. The van der Waals surface area contributed by atoms with Crippen molar-refractivity contribution in [1.82, 2.24) is 15.5 Å². The molecule has 0 aromatic heterocycles. The number of amides is 3. The van der Waals surface area contributed by atoms with Gasteiger partial charge in [-0.15, -0.1) is 0 Å². The van der Waals surface area contributed by atoms with E-state index < -0.39 is 23.3 Å². The Balaban J connectivity index is 3.46. The van der Waals surface area contributed by atoms with E-state index in [2.05, 4.69) is 24.5 Å². The normalized spacial score (nSPS) is 13.7. The monoisotopic (exact) mass is 489 g/mol. The summed E-state index contributed by atoms with van der Waals surface area (Å²) >= 11 is 0. The van der Waals surface area contributed by atoms with Gasteiger partial charge in [0.15, 0.2) is 0 Å². The Kier molecular flexibility index (Phi) is 10.8. The highest BCUT2D eigenvalue weighted by Gasteiger charge is 2.37. The van der Waals surface area contributed by atoms with Crippen LogP contribution in [0.5, 0.6) is 0 Å². The summed E-state index contributed by atoms with van der Waals surface area (Å²) < 4.78 is 5.30. The molecule has 1 aromatic rings. The molecule has 1 aromatic carbocycles. The van der Waals surface area contributed by atoms with E-state index in [9.17, 15) is 14.4 Å². The van der Waals surface area contributed by atoms with Gasteiger partial charge in [-0.2, -0.15) is 0 Å². The van der Waals surface area contributed by atoms with Crippen molar-refractivity contribution in [1.29, 1.82) is 0 Å². The van der Waals surface area contributed by atoms with E-state index in [-0.39, 0.29) is 24.4 Å². The van der Waals surface area contributed by atoms with Gasteiger partial charge in [0, 0.05) is 11.6 Å². The highest BCUT2D eigenvalue weighted by Crippen LogP contribution is 2.30. The number of rotatable bonds is 9. The van der Waals surface area contributed by atoms with Gasteiger partial charge in [0.25, 0.3) is 0 Å². The average molecular weight is 490 g/mol. The highest BCUT2D eigenvalue weighted by atomic mass is 16.6. The number of hydrogen-bond acceptors (Lipinski definition) is 4. The second-order valence-electron chi connectivity index (χ2n) is 12.0. The fourth-order valence-electron chi connectivity index (χ4n) is 3.82. The third-order valence-electron chi connectivity index (χ3n) is 5.46. The van der Waals surface area contributed by atoms with Crippen LogP contribution in [-0.4, -0.2) is 46.5 Å². The van der Waals surface area contributed by atoms with Gasteiger partial charge in [0.05, 0.1) is 0 Å². The molecule has 2 N–H and O–H groups in total. The van der Waals surface area contributed by atoms with E-state index in [0.717, 1.165) is 29.5 Å². The summed E-state index contributed by atoms with van der Waals surface area (Å²) in [5.41, 5.74) is 1.57.